The van der Waals surface area contributed by atoms with Gasteiger partial charge in [-0.1, -0.05) is 11.6 Å². The molecule has 0 bridgehead atoms. The van der Waals surface area contributed by atoms with Gasteiger partial charge in [0, 0.05) is 40.5 Å². The maximum absolute atomic E-state index is 6.33. The van der Waals surface area contributed by atoms with Gasteiger partial charge in [0.05, 0.1) is 11.8 Å². The third-order valence-electron chi connectivity index (χ3n) is 5.45. The van der Waals surface area contributed by atoms with Crippen LogP contribution in [0, 0.1) is 0 Å². The summed E-state index contributed by atoms with van der Waals surface area (Å²) in [5, 5.41) is 7.67. The van der Waals surface area contributed by atoms with Crippen molar-refractivity contribution in [2.24, 2.45) is 5.10 Å². The molecule has 0 fully saturated rings. The number of pyridine rings is 1. The molecular weight excluding hydrogens is 390 g/mol. The van der Waals surface area contributed by atoms with E-state index < -0.39 is 0 Å². The highest BCUT2D eigenvalue weighted by Gasteiger charge is 2.41. The fraction of sp³-hybridized carbons (Fsp3) is 0.182. The summed E-state index contributed by atoms with van der Waals surface area (Å²) in [6.07, 6.45) is 3.95. The molecular formula is C22H16ClN3O3. The third-order valence-corrected chi connectivity index (χ3v) is 5.68. The van der Waals surface area contributed by atoms with E-state index in [0.29, 0.717) is 5.02 Å². The van der Waals surface area contributed by atoms with E-state index in [-0.39, 0.29) is 19.1 Å². The minimum absolute atomic E-state index is 0.0380. The Morgan fingerprint density at radius 1 is 0.931 bits per heavy atom. The van der Waals surface area contributed by atoms with Crippen LogP contribution in [-0.4, -0.2) is 22.5 Å². The third kappa shape index (κ3) is 2.71. The van der Waals surface area contributed by atoms with Crippen LogP contribution < -0.4 is 14.2 Å². The Hall–Kier alpha value is -3.25. The monoisotopic (exact) mass is 405 g/mol. The standard InChI is InChI=1S/C22H16ClN3O3/c23-15-2-4-19-16(10-15)18-11-17(14-1-3-20-21(9-14)28-12-27-20)25-26(18)22(29-19)13-5-7-24-8-6-13/h1-10,18,22H,11-12H2/t18-,22+/m0/s1. The number of rotatable bonds is 2. The number of nitrogens with zero attached hydrogens (tertiary/aromatic N) is 3. The molecule has 0 saturated heterocycles. The second-order valence-electron chi connectivity index (χ2n) is 7.15. The van der Waals surface area contributed by atoms with Gasteiger partial charge in [0.25, 0.3) is 0 Å². The Bertz CT molecular complexity index is 1140. The summed E-state index contributed by atoms with van der Waals surface area (Å²) in [5.74, 6) is 2.35. The van der Waals surface area contributed by atoms with Crippen molar-refractivity contribution in [3.05, 3.63) is 82.6 Å². The number of ether oxygens (including phenoxy) is 3. The number of hydrogen-bond acceptors (Lipinski definition) is 6. The van der Waals surface area contributed by atoms with Crippen molar-refractivity contribution in [3.8, 4) is 17.2 Å². The number of fused-ring (bicyclic) bond motifs is 4. The van der Waals surface area contributed by atoms with Crippen molar-refractivity contribution in [1.82, 2.24) is 9.99 Å². The second kappa shape index (κ2) is 6.39. The predicted molar refractivity (Wildman–Crippen MR) is 107 cm³/mol. The Morgan fingerprint density at radius 3 is 2.66 bits per heavy atom. The van der Waals surface area contributed by atoms with Crippen LogP contribution in [0.4, 0.5) is 0 Å². The lowest BCUT2D eigenvalue weighted by Crippen LogP contribution is -2.33. The van der Waals surface area contributed by atoms with E-state index in [9.17, 15) is 0 Å². The molecule has 0 saturated carbocycles. The highest BCUT2D eigenvalue weighted by Crippen LogP contribution is 2.48. The molecule has 3 aliphatic rings. The predicted octanol–water partition coefficient (Wildman–Crippen LogP) is 4.71. The number of hydrazone groups is 1. The fourth-order valence-electron chi connectivity index (χ4n) is 4.06. The van der Waals surface area contributed by atoms with Crippen LogP contribution >= 0.6 is 11.6 Å². The molecule has 1 aromatic heterocycles. The number of halogens is 1. The summed E-state index contributed by atoms with van der Waals surface area (Å²) >= 11 is 6.29. The van der Waals surface area contributed by atoms with Gasteiger partial charge in [-0.25, -0.2) is 5.01 Å². The smallest absolute Gasteiger partial charge is 0.231 e. The van der Waals surface area contributed by atoms with Crippen molar-refractivity contribution in [2.75, 3.05) is 6.79 Å². The zero-order chi connectivity index (χ0) is 19.4. The van der Waals surface area contributed by atoms with Crippen molar-refractivity contribution in [1.29, 1.82) is 0 Å². The van der Waals surface area contributed by atoms with E-state index in [4.69, 9.17) is 30.9 Å². The van der Waals surface area contributed by atoms with Crippen molar-refractivity contribution in [3.63, 3.8) is 0 Å². The van der Waals surface area contributed by atoms with Gasteiger partial charge in [-0.15, -0.1) is 0 Å². The summed E-state index contributed by atoms with van der Waals surface area (Å²) in [7, 11) is 0. The highest BCUT2D eigenvalue weighted by atomic mass is 35.5. The average Bonchev–Trinajstić information content (AvgIpc) is 3.40. The normalized spacial score (nSPS) is 21.3. The molecule has 3 aliphatic heterocycles. The number of aromatic nitrogens is 1. The number of hydrogen-bond donors (Lipinski definition) is 0. The Kier molecular flexibility index (Phi) is 3.67. The quantitative estimate of drug-likeness (QED) is 0.618. The molecule has 3 aromatic rings. The summed E-state index contributed by atoms with van der Waals surface area (Å²) < 4.78 is 17.3. The molecule has 0 N–H and O–H groups in total. The van der Waals surface area contributed by atoms with E-state index in [0.717, 1.165) is 46.1 Å². The first-order valence-electron chi connectivity index (χ1n) is 9.38. The lowest BCUT2D eigenvalue weighted by Gasteiger charge is -2.38. The van der Waals surface area contributed by atoms with E-state index in [1.165, 1.54) is 0 Å². The van der Waals surface area contributed by atoms with Gasteiger partial charge < -0.3 is 14.2 Å². The number of benzene rings is 2. The van der Waals surface area contributed by atoms with E-state index in [1.807, 2.05) is 53.5 Å². The van der Waals surface area contributed by atoms with Crippen molar-refractivity contribution in [2.45, 2.75) is 18.7 Å². The van der Waals surface area contributed by atoms with Crippen molar-refractivity contribution < 1.29 is 14.2 Å². The van der Waals surface area contributed by atoms with Crippen LogP contribution in [0.15, 0.2) is 66.0 Å². The molecule has 6 nitrogen and oxygen atoms in total. The Labute approximate surface area is 172 Å². The molecule has 0 radical (unpaired) electrons. The summed E-state index contributed by atoms with van der Waals surface area (Å²) in [6, 6.07) is 15.6. The molecule has 0 amide bonds. The molecule has 0 unspecified atom stereocenters. The molecule has 144 valence electrons. The van der Waals surface area contributed by atoms with E-state index >= 15 is 0 Å². The summed E-state index contributed by atoms with van der Waals surface area (Å²) in [5.41, 5.74) is 4.04. The molecule has 0 spiro atoms. The molecule has 29 heavy (non-hydrogen) atoms. The molecule has 0 aliphatic carbocycles. The molecule has 6 rings (SSSR count). The molecule has 4 heterocycles. The lowest BCUT2D eigenvalue weighted by atomic mass is 9.96. The average molecular weight is 406 g/mol. The van der Waals surface area contributed by atoms with Gasteiger partial charge in [-0.2, -0.15) is 5.10 Å². The maximum Gasteiger partial charge on any atom is 0.231 e. The van der Waals surface area contributed by atoms with Crippen LogP contribution in [-0.2, 0) is 0 Å². The summed E-state index contributed by atoms with van der Waals surface area (Å²) in [6.45, 7) is 0.254. The lowest BCUT2D eigenvalue weighted by molar-refractivity contribution is -0.0190. The zero-order valence-corrected chi connectivity index (χ0v) is 16.0. The fourth-order valence-corrected chi connectivity index (χ4v) is 4.24. The van der Waals surface area contributed by atoms with Gasteiger partial charge >= 0.3 is 0 Å². The first-order chi connectivity index (χ1) is 14.3. The SMILES string of the molecule is Clc1ccc2c(c1)[C@@H]1CC(c3ccc4c(c3)OCO4)=NN1[C@@H](c1ccncc1)O2. The molecule has 2 atom stereocenters. The van der Waals surface area contributed by atoms with Crippen LogP contribution in [0.25, 0.3) is 0 Å². The largest absolute Gasteiger partial charge is 0.464 e. The van der Waals surface area contributed by atoms with Crippen LogP contribution in [0.1, 0.15) is 35.4 Å². The van der Waals surface area contributed by atoms with E-state index in [1.54, 1.807) is 12.4 Å². The van der Waals surface area contributed by atoms with Crippen molar-refractivity contribution >= 4 is 17.3 Å². The van der Waals surface area contributed by atoms with Gasteiger partial charge in [0.15, 0.2) is 11.5 Å². The minimum Gasteiger partial charge on any atom is -0.464 e. The first kappa shape index (κ1) is 16.7. The van der Waals surface area contributed by atoms with Gasteiger partial charge in [-0.05, 0) is 48.5 Å². The first-order valence-corrected chi connectivity index (χ1v) is 9.76. The van der Waals surface area contributed by atoms with Crippen LogP contribution in [0.3, 0.4) is 0 Å². The highest BCUT2D eigenvalue weighted by molar-refractivity contribution is 6.30. The van der Waals surface area contributed by atoms with Crippen LogP contribution in [0.2, 0.25) is 5.02 Å². The zero-order valence-electron chi connectivity index (χ0n) is 15.3. The second-order valence-corrected chi connectivity index (χ2v) is 7.58. The van der Waals surface area contributed by atoms with E-state index in [2.05, 4.69) is 4.98 Å². The summed E-state index contributed by atoms with van der Waals surface area (Å²) in [4.78, 5) is 4.12. The Morgan fingerprint density at radius 2 is 1.76 bits per heavy atom. The van der Waals surface area contributed by atoms with Gasteiger partial charge in [-0.3, -0.25) is 4.98 Å². The minimum atomic E-state index is -0.330. The Balaban J connectivity index is 1.44. The topological polar surface area (TPSA) is 56.2 Å². The maximum atomic E-state index is 6.33. The molecule has 7 heteroatoms. The van der Waals surface area contributed by atoms with Gasteiger partial charge in [0.1, 0.15) is 5.75 Å². The van der Waals surface area contributed by atoms with Crippen LogP contribution in [0.5, 0.6) is 17.2 Å². The van der Waals surface area contributed by atoms with Gasteiger partial charge in [0.2, 0.25) is 13.0 Å². The molecule has 2 aromatic carbocycles.